The van der Waals surface area contributed by atoms with Gasteiger partial charge in [-0.2, -0.15) is 19.6 Å². The number of hydrazine groups is 1. The summed E-state index contributed by atoms with van der Waals surface area (Å²) < 4.78 is 2.71. The number of rotatable bonds is 5. The van der Waals surface area contributed by atoms with Gasteiger partial charge in [0.05, 0.1) is 35.2 Å². The molecule has 1 aromatic carbocycles. The second-order valence-electron chi connectivity index (χ2n) is 7.11. The van der Waals surface area contributed by atoms with Gasteiger partial charge in [-0.25, -0.2) is 10.5 Å². The van der Waals surface area contributed by atoms with E-state index < -0.39 is 6.17 Å². The Morgan fingerprint density at radius 2 is 1.90 bits per heavy atom. The molecule has 5 rings (SSSR count). The maximum atomic E-state index is 13.1. The van der Waals surface area contributed by atoms with Crippen LogP contribution >= 0.6 is 0 Å². The second kappa shape index (κ2) is 7.28. The highest BCUT2D eigenvalue weighted by Gasteiger charge is 2.22. The zero-order chi connectivity index (χ0) is 21.5. The quantitative estimate of drug-likeness (QED) is 0.410. The zero-order valence-electron chi connectivity index (χ0n) is 16.6. The lowest BCUT2D eigenvalue weighted by Gasteiger charge is -2.21. The van der Waals surface area contributed by atoms with E-state index in [2.05, 4.69) is 46.6 Å². The van der Waals surface area contributed by atoms with E-state index in [0.29, 0.717) is 28.4 Å². The summed E-state index contributed by atoms with van der Waals surface area (Å²) in [4.78, 5) is 31.9. The molecule has 0 radical (unpaired) electrons. The molecular weight excluding hydrogens is 406 g/mol. The summed E-state index contributed by atoms with van der Waals surface area (Å²) in [5.41, 5.74) is 2.78. The smallest absolute Gasteiger partial charge is 0.279 e. The normalized spacial score (nSPS) is 16.1. The average molecular weight is 423 g/mol. The molecule has 1 aliphatic heterocycles. The third-order valence-electron chi connectivity index (χ3n) is 5.15. The number of tetrazole rings is 1. The summed E-state index contributed by atoms with van der Waals surface area (Å²) in [6.45, 7) is 4.26. The monoisotopic (exact) mass is 423 g/mol. The van der Waals surface area contributed by atoms with Gasteiger partial charge in [0.2, 0.25) is 0 Å². The molecule has 0 fully saturated rings. The van der Waals surface area contributed by atoms with Crippen molar-refractivity contribution in [1.29, 1.82) is 0 Å². The Hall–Kier alpha value is -4.14. The fraction of sp³-hybridized carbons (Fsp3) is 0.375. The maximum Gasteiger partial charge on any atom is 0.279 e. The summed E-state index contributed by atoms with van der Waals surface area (Å²) in [7, 11) is 0. The summed E-state index contributed by atoms with van der Waals surface area (Å²) in [5, 5.41) is 29.4. The molecule has 1 aliphatic rings. The molecule has 4 aromatic rings. The molecule has 158 valence electrons. The number of nitrogens with one attached hydrogen (secondary N) is 1. The van der Waals surface area contributed by atoms with Crippen molar-refractivity contribution < 1.29 is 0 Å². The first-order valence-corrected chi connectivity index (χ1v) is 9.42. The van der Waals surface area contributed by atoms with Crippen LogP contribution in [0.25, 0.3) is 21.8 Å². The van der Waals surface area contributed by atoms with Crippen LogP contribution in [-0.4, -0.2) is 56.4 Å². The van der Waals surface area contributed by atoms with Crippen LogP contribution in [0.5, 0.6) is 0 Å². The Morgan fingerprint density at radius 1 is 1.10 bits per heavy atom. The van der Waals surface area contributed by atoms with Gasteiger partial charge in [-0.3, -0.25) is 14.2 Å². The first kappa shape index (κ1) is 18.9. The molecule has 15 nitrogen and oxygen atoms in total. The predicted molar refractivity (Wildman–Crippen MR) is 105 cm³/mol. The van der Waals surface area contributed by atoms with Gasteiger partial charge in [0, 0.05) is 0 Å². The third kappa shape index (κ3) is 3.20. The van der Waals surface area contributed by atoms with Gasteiger partial charge in [-0.05, 0) is 31.2 Å². The standard InChI is InChI=1S/C16H17N13O2/c1-9(5-28-20-6-18-23-28)26-7-17-13-3-12-14(4-11(13)15(26)30)21-24-29(16(12)31)10(2)27-8-19-22-25-27/h3-4,6-7,9-10H,5,8H2,1-2H3,(H,19,25)/t9-,10?/m1/s1. The molecule has 0 saturated heterocycles. The lowest BCUT2D eigenvalue weighted by molar-refractivity contribution is 0.105. The van der Waals surface area contributed by atoms with Crippen LogP contribution in [0.3, 0.4) is 0 Å². The summed E-state index contributed by atoms with van der Waals surface area (Å²) in [6.07, 6.45) is 2.31. The summed E-state index contributed by atoms with van der Waals surface area (Å²) >= 11 is 0. The highest BCUT2D eigenvalue weighted by Crippen LogP contribution is 2.17. The van der Waals surface area contributed by atoms with Crippen LogP contribution < -0.4 is 16.7 Å². The lowest BCUT2D eigenvalue weighted by atomic mass is 10.1. The van der Waals surface area contributed by atoms with E-state index in [1.54, 1.807) is 24.1 Å². The lowest BCUT2D eigenvalue weighted by Crippen LogP contribution is -2.41. The van der Waals surface area contributed by atoms with Gasteiger partial charge in [-0.1, -0.05) is 10.4 Å². The van der Waals surface area contributed by atoms with Crippen molar-refractivity contribution in [2.75, 3.05) is 6.67 Å². The number of benzene rings is 1. The van der Waals surface area contributed by atoms with Crippen molar-refractivity contribution in [3.05, 3.63) is 45.5 Å². The second-order valence-corrected chi connectivity index (χ2v) is 7.11. The van der Waals surface area contributed by atoms with Crippen molar-refractivity contribution in [1.82, 2.24) is 55.3 Å². The van der Waals surface area contributed by atoms with Crippen LogP contribution in [0.2, 0.25) is 0 Å². The molecule has 15 heteroatoms. The molecule has 0 amide bonds. The van der Waals surface area contributed by atoms with Gasteiger partial charge in [0.25, 0.3) is 11.1 Å². The Labute approximate surface area is 172 Å². The van der Waals surface area contributed by atoms with Gasteiger partial charge < -0.3 is 0 Å². The van der Waals surface area contributed by atoms with Gasteiger partial charge in [0.1, 0.15) is 18.4 Å². The number of hydrogen-bond acceptors (Lipinski definition) is 12. The van der Waals surface area contributed by atoms with Crippen molar-refractivity contribution in [3.8, 4) is 0 Å². The van der Waals surface area contributed by atoms with E-state index in [1.165, 1.54) is 26.7 Å². The molecule has 2 atom stereocenters. The molecule has 0 spiro atoms. The molecule has 0 aliphatic carbocycles. The zero-order valence-corrected chi connectivity index (χ0v) is 16.6. The SMILES string of the molecule is CC(N1CN=NN1)n1nnc2cc3c(=O)n([C@H](C)Cn4ncnn4)cnc3cc2c1=O. The van der Waals surface area contributed by atoms with Crippen LogP contribution in [0.1, 0.15) is 26.1 Å². The van der Waals surface area contributed by atoms with Gasteiger partial charge >= 0.3 is 0 Å². The Bertz CT molecular complexity index is 1400. The van der Waals surface area contributed by atoms with E-state index in [-0.39, 0.29) is 23.8 Å². The largest absolute Gasteiger partial charge is 0.294 e. The minimum absolute atomic E-state index is 0.261. The number of nitrogens with zero attached hydrogens (tertiary/aromatic N) is 12. The van der Waals surface area contributed by atoms with E-state index in [9.17, 15) is 9.59 Å². The molecule has 1 unspecified atom stereocenters. The third-order valence-corrected chi connectivity index (χ3v) is 5.15. The molecule has 3 aromatic heterocycles. The Kier molecular flexibility index (Phi) is 4.43. The average Bonchev–Trinajstić information content (AvgIpc) is 3.47. The number of hydrogen-bond donors (Lipinski definition) is 1. The van der Waals surface area contributed by atoms with Crippen LogP contribution in [0, 0.1) is 0 Å². The van der Waals surface area contributed by atoms with Crippen LogP contribution in [0.15, 0.2) is 44.7 Å². The fourth-order valence-electron chi connectivity index (χ4n) is 3.39. The fourth-order valence-corrected chi connectivity index (χ4v) is 3.39. The number of aromatic nitrogens is 9. The highest BCUT2D eigenvalue weighted by molar-refractivity contribution is 5.93. The Balaban J connectivity index is 1.56. The van der Waals surface area contributed by atoms with E-state index in [1.807, 2.05) is 6.92 Å². The van der Waals surface area contributed by atoms with Crippen LogP contribution in [-0.2, 0) is 6.54 Å². The number of fused-ring (bicyclic) bond motifs is 2. The minimum Gasteiger partial charge on any atom is -0.294 e. The van der Waals surface area contributed by atoms with Crippen molar-refractivity contribution >= 4 is 21.8 Å². The van der Waals surface area contributed by atoms with Gasteiger partial charge in [0.15, 0.2) is 6.33 Å². The summed E-state index contributed by atoms with van der Waals surface area (Å²) in [6, 6.07) is 2.84. The van der Waals surface area contributed by atoms with E-state index >= 15 is 0 Å². The first-order valence-electron chi connectivity index (χ1n) is 9.42. The van der Waals surface area contributed by atoms with Crippen molar-refractivity contribution in [3.63, 3.8) is 0 Å². The molecule has 0 saturated carbocycles. The Morgan fingerprint density at radius 3 is 2.65 bits per heavy atom. The highest BCUT2D eigenvalue weighted by atomic mass is 16.1. The van der Waals surface area contributed by atoms with E-state index in [0.717, 1.165) is 0 Å². The van der Waals surface area contributed by atoms with Crippen molar-refractivity contribution in [2.45, 2.75) is 32.6 Å². The summed E-state index contributed by atoms with van der Waals surface area (Å²) in [5.74, 6) is 0. The molecule has 1 N–H and O–H groups in total. The minimum atomic E-state index is -0.470. The topological polar surface area (TPSA) is 166 Å². The molecular formula is C16H17N13O2. The molecule has 0 bridgehead atoms. The van der Waals surface area contributed by atoms with E-state index in [4.69, 9.17) is 0 Å². The molecule has 31 heavy (non-hydrogen) atoms. The van der Waals surface area contributed by atoms with Crippen molar-refractivity contribution in [2.24, 2.45) is 10.3 Å². The van der Waals surface area contributed by atoms with Crippen LogP contribution in [0.4, 0.5) is 0 Å². The first-order chi connectivity index (χ1) is 15.0. The molecule has 4 heterocycles. The maximum absolute atomic E-state index is 13.1. The van der Waals surface area contributed by atoms with Gasteiger partial charge in [-0.15, -0.1) is 15.3 Å². The predicted octanol–water partition coefficient (Wildman–Crippen LogP) is -0.587.